The van der Waals surface area contributed by atoms with Crippen LogP contribution in [-0.2, 0) is 11.2 Å². The number of carbonyl (C=O) groups is 1. The molecule has 0 amide bonds. The van der Waals surface area contributed by atoms with E-state index in [4.69, 9.17) is 4.74 Å². The second kappa shape index (κ2) is 5.54. The Morgan fingerprint density at radius 3 is 2.67 bits per heavy atom. The number of hydrogen-bond acceptors (Lipinski definition) is 2. The fourth-order valence-corrected chi connectivity index (χ4v) is 1.57. The van der Waals surface area contributed by atoms with Crippen LogP contribution in [0.25, 0.3) is 0 Å². The molecule has 0 saturated carbocycles. The molecule has 1 unspecified atom stereocenters. The maximum absolute atomic E-state index is 10.9. The van der Waals surface area contributed by atoms with E-state index in [1.807, 2.05) is 25.1 Å². The van der Waals surface area contributed by atoms with Gasteiger partial charge in [-0.3, -0.25) is 4.79 Å². The van der Waals surface area contributed by atoms with Gasteiger partial charge in [-0.2, -0.15) is 0 Å². The molecule has 0 N–H and O–H groups in total. The highest BCUT2D eigenvalue weighted by Crippen LogP contribution is 2.20. The number of ketones is 1. The summed E-state index contributed by atoms with van der Waals surface area (Å²) in [6.45, 7) is 5.61. The number of carbonyl (C=O) groups excluding carboxylic acids is 1. The maximum Gasteiger partial charge on any atom is 0.133 e. The van der Waals surface area contributed by atoms with E-state index in [2.05, 4.69) is 13.0 Å². The van der Waals surface area contributed by atoms with Crippen molar-refractivity contribution in [2.24, 2.45) is 0 Å². The highest BCUT2D eigenvalue weighted by atomic mass is 16.5. The van der Waals surface area contributed by atoms with Gasteiger partial charge in [0.05, 0.1) is 0 Å². The van der Waals surface area contributed by atoms with Crippen LogP contribution in [0.15, 0.2) is 24.3 Å². The first-order valence-corrected chi connectivity index (χ1v) is 5.37. The lowest BCUT2D eigenvalue weighted by Crippen LogP contribution is -2.16. The van der Waals surface area contributed by atoms with Crippen molar-refractivity contribution in [3.8, 4) is 5.75 Å². The van der Waals surface area contributed by atoms with Crippen LogP contribution < -0.4 is 4.74 Å². The Morgan fingerprint density at radius 2 is 2.07 bits per heavy atom. The molecule has 2 heteroatoms. The molecule has 2 nitrogen and oxygen atoms in total. The molecular weight excluding hydrogens is 188 g/mol. The average Bonchev–Trinajstić information content (AvgIpc) is 2.17. The Bertz CT molecular complexity index is 331. The summed E-state index contributed by atoms with van der Waals surface area (Å²) in [6.07, 6.45) is 1.37. The van der Waals surface area contributed by atoms with E-state index in [-0.39, 0.29) is 11.9 Å². The third-order valence-corrected chi connectivity index (χ3v) is 2.26. The maximum atomic E-state index is 10.9. The third-order valence-electron chi connectivity index (χ3n) is 2.26. The highest BCUT2D eigenvalue weighted by molar-refractivity contribution is 5.75. The molecule has 15 heavy (non-hydrogen) atoms. The first kappa shape index (κ1) is 11.8. The van der Waals surface area contributed by atoms with E-state index in [0.29, 0.717) is 6.42 Å². The van der Waals surface area contributed by atoms with E-state index in [1.54, 1.807) is 6.92 Å². The minimum absolute atomic E-state index is 0.0461. The largest absolute Gasteiger partial charge is 0.490 e. The summed E-state index contributed by atoms with van der Waals surface area (Å²) in [6, 6.07) is 7.96. The molecule has 0 heterocycles. The normalized spacial score (nSPS) is 12.2. The van der Waals surface area contributed by atoms with Gasteiger partial charge >= 0.3 is 0 Å². The number of hydrogen-bond donors (Lipinski definition) is 0. The molecule has 0 radical (unpaired) electrons. The van der Waals surface area contributed by atoms with Gasteiger partial charge in [0.15, 0.2) is 0 Å². The van der Waals surface area contributed by atoms with Crippen LogP contribution in [0.1, 0.15) is 32.8 Å². The van der Waals surface area contributed by atoms with Crippen LogP contribution in [0.4, 0.5) is 0 Å². The van der Waals surface area contributed by atoms with E-state index in [9.17, 15) is 4.79 Å². The van der Waals surface area contributed by atoms with Gasteiger partial charge in [-0.25, -0.2) is 0 Å². The van der Waals surface area contributed by atoms with Crippen LogP contribution in [0.2, 0.25) is 0 Å². The van der Waals surface area contributed by atoms with Crippen molar-refractivity contribution < 1.29 is 9.53 Å². The van der Waals surface area contributed by atoms with Crippen molar-refractivity contribution in [2.75, 3.05) is 0 Å². The summed E-state index contributed by atoms with van der Waals surface area (Å²) in [5.41, 5.74) is 1.19. The standard InChI is InChI=1S/C13H18O2/c1-4-12-7-5-6-8-13(12)15-11(3)9-10(2)14/h5-8,11H,4,9H2,1-3H3. The zero-order chi connectivity index (χ0) is 11.3. The zero-order valence-corrected chi connectivity index (χ0v) is 9.62. The Kier molecular flexibility index (Phi) is 4.35. The molecule has 0 saturated heterocycles. The summed E-state index contributed by atoms with van der Waals surface area (Å²) in [7, 11) is 0. The van der Waals surface area contributed by atoms with Crippen molar-refractivity contribution in [1.29, 1.82) is 0 Å². The topological polar surface area (TPSA) is 26.3 Å². The number of ether oxygens (including phenoxy) is 1. The molecule has 0 bridgehead atoms. The molecule has 1 aromatic rings. The number of aryl methyl sites for hydroxylation is 1. The van der Waals surface area contributed by atoms with Gasteiger partial charge in [-0.15, -0.1) is 0 Å². The molecule has 0 fully saturated rings. The second-order valence-corrected chi connectivity index (χ2v) is 3.80. The highest BCUT2D eigenvalue weighted by Gasteiger charge is 2.08. The summed E-state index contributed by atoms with van der Waals surface area (Å²) < 4.78 is 5.73. The molecule has 1 rings (SSSR count). The van der Waals surface area contributed by atoms with E-state index in [1.165, 1.54) is 5.56 Å². The van der Waals surface area contributed by atoms with Crippen molar-refractivity contribution in [1.82, 2.24) is 0 Å². The lowest BCUT2D eigenvalue weighted by atomic mass is 10.1. The lowest BCUT2D eigenvalue weighted by molar-refractivity contribution is -0.118. The Hall–Kier alpha value is -1.31. The number of rotatable bonds is 5. The lowest BCUT2D eigenvalue weighted by Gasteiger charge is -2.15. The molecule has 1 aromatic carbocycles. The van der Waals surface area contributed by atoms with Gasteiger partial charge in [0.25, 0.3) is 0 Å². The van der Waals surface area contributed by atoms with Gasteiger partial charge < -0.3 is 4.74 Å². The van der Waals surface area contributed by atoms with Crippen molar-refractivity contribution in [3.05, 3.63) is 29.8 Å². The summed E-state index contributed by atoms with van der Waals surface area (Å²) in [4.78, 5) is 10.9. The zero-order valence-electron chi connectivity index (χ0n) is 9.62. The first-order valence-electron chi connectivity index (χ1n) is 5.37. The quantitative estimate of drug-likeness (QED) is 0.740. The van der Waals surface area contributed by atoms with Gasteiger partial charge in [0, 0.05) is 6.42 Å². The predicted octanol–water partition coefficient (Wildman–Crippen LogP) is 3.00. The van der Waals surface area contributed by atoms with Crippen LogP contribution in [-0.4, -0.2) is 11.9 Å². The summed E-state index contributed by atoms with van der Waals surface area (Å²) in [5.74, 6) is 1.06. The van der Waals surface area contributed by atoms with E-state index < -0.39 is 0 Å². The van der Waals surface area contributed by atoms with Gasteiger partial charge in [0.2, 0.25) is 0 Å². The molecule has 0 aliphatic heterocycles. The molecule has 82 valence electrons. The monoisotopic (exact) mass is 206 g/mol. The fraction of sp³-hybridized carbons (Fsp3) is 0.462. The predicted molar refractivity (Wildman–Crippen MR) is 61.2 cm³/mol. The van der Waals surface area contributed by atoms with E-state index in [0.717, 1.165) is 12.2 Å². The van der Waals surface area contributed by atoms with Crippen LogP contribution >= 0.6 is 0 Å². The van der Waals surface area contributed by atoms with Crippen molar-refractivity contribution >= 4 is 5.78 Å². The van der Waals surface area contributed by atoms with Crippen LogP contribution in [0.5, 0.6) is 5.75 Å². The van der Waals surface area contributed by atoms with Crippen LogP contribution in [0, 0.1) is 0 Å². The van der Waals surface area contributed by atoms with Crippen LogP contribution in [0.3, 0.4) is 0 Å². The Morgan fingerprint density at radius 1 is 1.40 bits per heavy atom. The van der Waals surface area contributed by atoms with Gasteiger partial charge in [-0.1, -0.05) is 25.1 Å². The SMILES string of the molecule is CCc1ccccc1OC(C)CC(C)=O. The fourth-order valence-electron chi connectivity index (χ4n) is 1.57. The van der Waals surface area contributed by atoms with Crippen molar-refractivity contribution in [3.63, 3.8) is 0 Å². The smallest absolute Gasteiger partial charge is 0.133 e. The molecule has 1 atom stereocenters. The summed E-state index contributed by atoms with van der Waals surface area (Å²) in [5, 5.41) is 0. The van der Waals surface area contributed by atoms with Gasteiger partial charge in [-0.05, 0) is 31.9 Å². The van der Waals surface area contributed by atoms with Crippen molar-refractivity contribution in [2.45, 2.75) is 39.7 Å². The van der Waals surface area contributed by atoms with Gasteiger partial charge in [0.1, 0.15) is 17.6 Å². The minimum atomic E-state index is -0.0461. The Labute approximate surface area is 91.3 Å². The molecular formula is C13H18O2. The number of Topliss-reactive ketones (excluding diaryl/α,β-unsaturated/α-hetero) is 1. The van der Waals surface area contributed by atoms with E-state index >= 15 is 0 Å². The molecule has 0 aromatic heterocycles. The Balaban J connectivity index is 2.67. The number of benzene rings is 1. The minimum Gasteiger partial charge on any atom is -0.490 e. The summed E-state index contributed by atoms with van der Waals surface area (Å²) >= 11 is 0. The first-order chi connectivity index (χ1) is 7.13. The molecule has 0 aliphatic carbocycles. The second-order valence-electron chi connectivity index (χ2n) is 3.80. The average molecular weight is 206 g/mol. The third kappa shape index (κ3) is 3.74. The molecule has 0 spiro atoms. The molecule has 0 aliphatic rings. The number of para-hydroxylation sites is 1.